The zero-order valence-corrected chi connectivity index (χ0v) is 19.1. The summed E-state index contributed by atoms with van der Waals surface area (Å²) in [7, 11) is 3.90. The molecule has 0 spiro atoms. The van der Waals surface area contributed by atoms with E-state index in [-0.39, 0.29) is 11.4 Å². The van der Waals surface area contributed by atoms with E-state index in [2.05, 4.69) is 68.3 Å². The first kappa shape index (κ1) is 21.6. The summed E-state index contributed by atoms with van der Waals surface area (Å²) in [5.41, 5.74) is 10.1. The van der Waals surface area contributed by atoms with E-state index >= 15 is 0 Å². The standard InChI is InChI=1S/C25H32N4O/c1-8-29-23-12-17(2)20(14-22(23)18(3)15-25(29,4)5)16-26-27-24(30)19-10-9-11-21(13-19)28(6)7/h9-16H,8H2,1-7H3,(H,27,30)/b26-16-. The molecule has 3 rings (SSSR count). The molecule has 0 atom stereocenters. The third kappa shape index (κ3) is 4.25. The van der Waals surface area contributed by atoms with Crippen molar-refractivity contribution in [3.63, 3.8) is 0 Å². The Bertz CT molecular complexity index is 1020. The summed E-state index contributed by atoms with van der Waals surface area (Å²) in [4.78, 5) is 16.9. The summed E-state index contributed by atoms with van der Waals surface area (Å²) in [6.45, 7) is 11.9. The summed E-state index contributed by atoms with van der Waals surface area (Å²) in [6, 6.07) is 11.9. The normalized spacial score (nSPS) is 15.0. The number of nitrogens with zero attached hydrogens (tertiary/aromatic N) is 3. The van der Waals surface area contributed by atoms with E-state index in [0.29, 0.717) is 5.56 Å². The predicted molar refractivity (Wildman–Crippen MR) is 128 cm³/mol. The Kier molecular flexibility index (Phi) is 6.01. The molecule has 0 saturated carbocycles. The zero-order valence-electron chi connectivity index (χ0n) is 19.1. The van der Waals surface area contributed by atoms with Gasteiger partial charge in [-0.15, -0.1) is 0 Å². The summed E-state index contributed by atoms with van der Waals surface area (Å²) >= 11 is 0. The lowest BCUT2D eigenvalue weighted by Gasteiger charge is -2.43. The maximum Gasteiger partial charge on any atom is 0.271 e. The largest absolute Gasteiger partial charge is 0.378 e. The van der Waals surface area contributed by atoms with Gasteiger partial charge in [0.2, 0.25) is 0 Å². The number of hydrazone groups is 1. The molecule has 5 nitrogen and oxygen atoms in total. The molecule has 1 aliphatic rings. The molecule has 1 amide bonds. The van der Waals surface area contributed by atoms with Gasteiger partial charge >= 0.3 is 0 Å². The maximum absolute atomic E-state index is 12.5. The highest BCUT2D eigenvalue weighted by Gasteiger charge is 2.30. The van der Waals surface area contributed by atoms with Crippen molar-refractivity contribution >= 4 is 29.1 Å². The second kappa shape index (κ2) is 8.34. The first-order valence-electron chi connectivity index (χ1n) is 10.4. The van der Waals surface area contributed by atoms with Gasteiger partial charge in [-0.3, -0.25) is 4.79 Å². The second-order valence-electron chi connectivity index (χ2n) is 8.60. The maximum atomic E-state index is 12.5. The number of nitrogens with one attached hydrogen (secondary N) is 1. The molecular formula is C25H32N4O. The van der Waals surface area contributed by atoms with Crippen LogP contribution >= 0.6 is 0 Å². The minimum absolute atomic E-state index is 0.0110. The molecular weight excluding hydrogens is 372 g/mol. The molecule has 1 N–H and O–H groups in total. The van der Waals surface area contributed by atoms with Gasteiger partial charge in [0.15, 0.2) is 0 Å². The summed E-state index contributed by atoms with van der Waals surface area (Å²) < 4.78 is 0. The van der Waals surface area contributed by atoms with E-state index in [9.17, 15) is 4.79 Å². The number of hydrogen-bond donors (Lipinski definition) is 1. The van der Waals surface area contributed by atoms with Crippen LogP contribution in [0.25, 0.3) is 5.57 Å². The van der Waals surface area contributed by atoms with Crippen LogP contribution in [0, 0.1) is 6.92 Å². The van der Waals surface area contributed by atoms with Crippen LogP contribution in [-0.4, -0.2) is 38.3 Å². The summed E-state index contributed by atoms with van der Waals surface area (Å²) in [6.07, 6.45) is 4.04. The fraction of sp³-hybridized carbons (Fsp3) is 0.360. The summed E-state index contributed by atoms with van der Waals surface area (Å²) in [5, 5.41) is 4.22. The number of rotatable bonds is 5. The minimum atomic E-state index is -0.222. The topological polar surface area (TPSA) is 47.9 Å². The highest BCUT2D eigenvalue weighted by Crippen LogP contribution is 2.39. The first-order valence-corrected chi connectivity index (χ1v) is 10.4. The Morgan fingerprint density at radius 3 is 2.60 bits per heavy atom. The molecule has 1 heterocycles. The van der Waals surface area contributed by atoms with Gasteiger partial charge in [-0.25, -0.2) is 5.43 Å². The Balaban J connectivity index is 1.83. The third-order valence-electron chi connectivity index (χ3n) is 5.68. The van der Waals surface area contributed by atoms with Gasteiger partial charge in [-0.1, -0.05) is 12.1 Å². The monoisotopic (exact) mass is 404 g/mol. The van der Waals surface area contributed by atoms with Gasteiger partial charge in [-0.05, 0) is 81.7 Å². The fourth-order valence-corrected chi connectivity index (χ4v) is 4.11. The van der Waals surface area contributed by atoms with Crippen LogP contribution < -0.4 is 15.2 Å². The third-order valence-corrected chi connectivity index (χ3v) is 5.68. The number of likely N-dealkylation sites (N-methyl/N-ethyl adjacent to an activating group) is 1. The van der Waals surface area contributed by atoms with Crippen molar-refractivity contribution in [2.75, 3.05) is 30.4 Å². The van der Waals surface area contributed by atoms with Gasteiger partial charge in [0, 0.05) is 43.1 Å². The van der Waals surface area contributed by atoms with E-state index in [0.717, 1.165) is 23.4 Å². The second-order valence-corrected chi connectivity index (χ2v) is 8.60. The highest BCUT2D eigenvalue weighted by molar-refractivity contribution is 5.96. The number of carbonyl (C=O) groups is 1. The zero-order chi connectivity index (χ0) is 22.1. The molecule has 2 aromatic carbocycles. The van der Waals surface area contributed by atoms with E-state index < -0.39 is 0 Å². The fourth-order valence-electron chi connectivity index (χ4n) is 4.11. The molecule has 0 fully saturated rings. The Morgan fingerprint density at radius 2 is 1.93 bits per heavy atom. The Morgan fingerprint density at radius 1 is 1.20 bits per heavy atom. The number of anilines is 2. The average molecular weight is 405 g/mol. The van der Waals surface area contributed by atoms with Gasteiger partial charge in [0.25, 0.3) is 5.91 Å². The Hall–Kier alpha value is -3.08. The summed E-state index contributed by atoms with van der Waals surface area (Å²) in [5.74, 6) is -0.222. The van der Waals surface area contributed by atoms with Crippen LogP contribution in [0.4, 0.5) is 11.4 Å². The molecule has 1 aliphatic heterocycles. The van der Waals surface area contributed by atoms with E-state index in [4.69, 9.17) is 0 Å². The molecule has 0 aliphatic carbocycles. The van der Waals surface area contributed by atoms with E-state index in [1.807, 2.05) is 37.2 Å². The lowest BCUT2D eigenvalue weighted by atomic mass is 9.87. The molecule has 5 heteroatoms. The number of carbonyl (C=O) groups excluding carboxylic acids is 1. The quantitative estimate of drug-likeness (QED) is 0.573. The van der Waals surface area contributed by atoms with Crippen molar-refractivity contribution in [3.8, 4) is 0 Å². The smallest absolute Gasteiger partial charge is 0.271 e. The lowest BCUT2D eigenvalue weighted by Crippen LogP contribution is -2.45. The van der Waals surface area contributed by atoms with Crippen LogP contribution in [-0.2, 0) is 0 Å². The molecule has 0 unspecified atom stereocenters. The molecule has 30 heavy (non-hydrogen) atoms. The van der Waals surface area contributed by atoms with Crippen LogP contribution in [0.15, 0.2) is 47.6 Å². The van der Waals surface area contributed by atoms with Crippen molar-refractivity contribution in [2.24, 2.45) is 5.10 Å². The molecule has 2 aromatic rings. The number of aryl methyl sites for hydroxylation is 1. The van der Waals surface area contributed by atoms with Crippen molar-refractivity contribution in [2.45, 2.75) is 40.2 Å². The Labute approximate surface area is 180 Å². The van der Waals surface area contributed by atoms with Crippen LogP contribution in [0.5, 0.6) is 0 Å². The van der Waals surface area contributed by atoms with Gasteiger partial charge in [0.1, 0.15) is 0 Å². The minimum Gasteiger partial charge on any atom is -0.378 e. The molecule has 0 radical (unpaired) electrons. The predicted octanol–water partition coefficient (Wildman–Crippen LogP) is 4.85. The number of amides is 1. The number of hydrogen-bond acceptors (Lipinski definition) is 4. The van der Waals surface area contributed by atoms with Crippen molar-refractivity contribution in [3.05, 3.63) is 64.7 Å². The van der Waals surface area contributed by atoms with Crippen LogP contribution in [0.3, 0.4) is 0 Å². The molecule has 0 aromatic heterocycles. The molecule has 0 saturated heterocycles. The van der Waals surface area contributed by atoms with Crippen molar-refractivity contribution in [1.82, 2.24) is 5.43 Å². The van der Waals surface area contributed by atoms with Crippen LogP contribution in [0.2, 0.25) is 0 Å². The highest BCUT2D eigenvalue weighted by atomic mass is 16.2. The number of fused-ring (bicyclic) bond motifs is 1. The van der Waals surface area contributed by atoms with Gasteiger partial charge in [0.05, 0.1) is 11.8 Å². The number of allylic oxidation sites excluding steroid dienone is 1. The van der Waals surface area contributed by atoms with Gasteiger partial charge in [-0.2, -0.15) is 5.10 Å². The molecule has 158 valence electrons. The lowest BCUT2D eigenvalue weighted by molar-refractivity contribution is 0.0955. The van der Waals surface area contributed by atoms with Crippen LogP contribution in [0.1, 0.15) is 54.7 Å². The number of benzene rings is 2. The van der Waals surface area contributed by atoms with E-state index in [1.54, 1.807) is 12.3 Å². The van der Waals surface area contributed by atoms with Crippen molar-refractivity contribution < 1.29 is 4.79 Å². The molecule has 0 bridgehead atoms. The van der Waals surface area contributed by atoms with Crippen molar-refractivity contribution in [1.29, 1.82) is 0 Å². The SMILES string of the molecule is CCN1c2cc(C)c(/C=N\NC(=O)c3cccc(N(C)C)c3)cc2C(C)=CC1(C)C. The van der Waals surface area contributed by atoms with Gasteiger partial charge < -0.3 is 9.80 Å². The van der Waals surface area contributed by atoms with E-state index in [1.165, 1.54) is 16.8 Å². The average Bonchev–Trinajstić information content (AvgIpc) is 2.68. The first-order chi connectivity index (χ1) is 14.1.